The average Bonchev–Trinajstić information content (AvgIpc) is 2.76. The second kappa shape index (κ2) is 5.39. The third-order valence-corrected chi connectivity index (χ3v) is 7.74. The van der Waals surface area contributed by atoms with Gasteiger partial charge in [-0.3, -0.25) is 4.79 Å². The van der Waals surface area contributed by atoms with E-state index in [1.807, 2.05) is 0 Å². The van der Waals surface area contributed by atoms with Crippen LogP contribution in [0.15, 0.2) is 6.07 Å². The van der Waals surface area contributed by atoms with Crippen molar-refractivity contribution in [2.24, 2.45) is 23.2 Å². The van der Waals surface area contributed by atoms with Crippen LogP contribution in [0.1, 0.15) is 55.8 Å². The van der Waals surface area contributed by atoms with E-state index in [0.717, 1.165) is 17.8 Å². The molecule has 0 aromatic carbocycles. The molecule has 0 saturated heterocycles. The number of hydrogen-bond donors (Lipinski definition) is 1. The molecule has 1 amide bonds. The van der Waals surface area contributed by atoms with Crippen LogP contribution in [-0.2, 0) is 0 Å². The van der Waals surface area contributed by atoms with Crippen LogP contribution in [0.4, 0.5) is 0 Å². The minimum atomic E-state index is -0.0728. The van der Waals surface area contributed by atoms with Gasteiger partial charge in [-0.25, -0.2) is 0 Å². The number of rotatable bonds is 3. The van der Waals surface area contributed by atoms with Gasteiger partial charge in [-0.15, -0.1) is 11.3 Å². The Morgan fingerprint density at radius 1 is 1.23 bits per heavy atom. The fourth-order valence-corrected chi connectivity index (χ4v) is 7.09. The fraction of sp³-hybridized carbons (Fsp3) is 0.706. The van der Waals surface area contributed by atoms with Gasteiger partial charge in [0.05, 0.1) is 9.90 Å². The average molecular weight is 358 g/mol. The summed E-state index contributed by atoms with van der Waals surface area (Å²) in [5, 5.41) is 3.23. The molecule has 1 atom stereocenters. The molecule has 4 aliphatic rings. The quantitative estimate of drug-likeness (QED) is 0.771. The van der Waals surface area contributed by atoms with E-state index in [4.69, 9.17) is 23.2 Å². The van der Waals surface area contributed by atoms with E-state index in [1.165, 1.54) is 49.9 Å². The molecule has 4 aliphatic carbocycles. The topological polar surface area (TPSA) is 29.1 Å². The largest absolute Gasteiger partial charge is 0.349 e. The van der Waals surface area contributed by atoms with E-state index < -0.39 is 0 Å². The molecule has 4 bridgehead atoms. The normalized spacial score (nSPS) is 37.3. The maximum Gasteiger partial charge on any atom is 0.253 e. The zero-order valence-corrected chi connectivity index (χ0v) is 15.0. The minimum Gasteiger partial charge on any atom is -0.349 e. The molecular formula is C17H21Cl2NOS. The molecule has 2 nitrogen and oxygen atoms in total. The highest BCUT2D eigenvalue weighted by Crippen LogP contribution is 2.61. The molecule has 1 heterocycles. The Morgan fingerprint density at radius 2 is 1.77 bits per heavy atom. The van der Waals surface area contributed by atoms with Crippen LogP contribution in [0.5, 0.6) is 0 Å². The van der Waals surface area contributed by atoms with Crippen LogP contribution >= 0.6 is 34.5 Å². The van der Waals surface area contributed by atoms with Crippen LogP contribution in [0.2, 0.25) is 8.67 Å². The molecule has 1 N–H and O–H groups in total. The molecule has 1 aromatic heterocycles. The lowest BCUT2D eigenvalue weighted by atomic mass is 9.48. The highest BCUT2D eigenvalue weighted by atomic mass is 35.5. The van der Waals surface area contributed by atoms with Crippen molar-refractivity contribution in [1.29, 1.82) is 0 Å². The zero-order valence-electron chi connectivity index (χ0n) is 12.7. The molecule has 0 aliphatic heterocycles. The second-order valence-electron chi connectivity index (χ2n) is 7.71. The summed E-state index contributed by atoms with van der Waals surface area (Å²) in [6, 6.07) is 1.89. The molecule has 1 unspecified atom stereocenters. The van der Waals surface area contributed by atoms with E-state index in [-0.39, 0.29) is 11.9 Å². The maximum atomic E-state index is 12.5. The number of thiophene rings is 1. The van der Waals surface area contributed by atoms with Gasteiger partial charge in [0.15, 0.2) is 0 Å². The summed E-state index contributed by atoms with van der Waals surface area (Å²) < 4.78 is 1.05. The molecule has 0 radical (unpaired) electrons. The summed E-state index contributed by atoms with van der Waals surface area (Å²) in [4.78, 5) is 12.5. The lowest BCUT2D eigenvalue weighted by molar-refractivity contribution is -0.0687. The Bertz CT molecular complexity index is 577. The first-order chi connectivity index (χ1) is 10.4. The van der Waals surface area contributed by atoms with Crippen LogP contribution in [0.3, 0.4) is 0 Å². The summed E-state index contributed by atoms with van der Waals surface area (Å²) in [6.07, 6.45) is 8.14. The van der Waals surface area contributed by atoms with Crippen molar-refractivity contribution in [3.8, 4) is 0 Å². The number of carbonyl (C=O) groups is 1. The van der Waals surface area contributed by atoms with Gasteiger partial charge in [-0.05, 0) is 74.7 Å². The highest BCUT2D eigenvalue weighted by Gasteiger charge is 2.53. The standard InChI is InChI=1S/C17H21Cl2NOS/c1-9(20-16(21)13-5-14(18)22-15(13)19)17-6-10-2-11(7-17)4-12(3-10)8-17/h5,9-12H,2-4,6-8H2,1H3,(H,20,21). The Hall–Kier alpha value is -0.250. The molecule has 5 rings (SSSR count). The number of hydrogen-bond acceptors (Lipinski definition) is 2. The number of amides is 1. The third kappa shape index (κ3) is 2.50. The Kier molecular flexibility index (Phi) is 3.75. The van der Waals surface area contributed by atoms with Gasteiger partial charge in [0.2, 0.25) is 0 Å². The van der Waals surface area contributed by atoms with E-state index in [0.29, 0.717) is 19.7 Å². The Morgan fingerprint density at radius 3 is 2.23 bits per heavy atom. The molecule has 4 fully saturated rings. The van der Waals surface area contributed by atoms with Crippen molar-refractivity contribution in [3.63, 3.8) is 0 Å². The van der Waals surface area contributed by atoms with Crippen LogP contribution in [-0.4, -0.2) is 11.9 Å². The van der Waals surface area contributed by atoms with Crippen molar-refractivity contribution < 1.29 is 4.79 Å². The van der Waals surface area contributed by atoms with Crippen LogP contribution in [0, 0.1) is 23.2 Å². The van der Waals surface area contributed by atoms with Gasteiger partial charge in [0.25, 0.3) is 5.91 Å². The van der Waals surface area contributed by atoms with E-state index in [2.05, 4.69) is 12.2 Å². The molecule has 1 aromatic rings. The van der Waals surface area contributed by atoms with Gasteiger partial charge in [-0.2, -0.15) is 0 Å². The Labute approximate surface area is 145 Å². The summed E-state index contributed by atoms with van der Waals surface area (Å²) in [5.74, 6) is 2.61. The van der Waals surface area contributed by atoms with Crippen molar-refractivity contribution in [3.05, 3.63) is 20.3 Å². The van der Waals surface area contributed by atoms with Gasteiger partial charge in [0, 0.05) is 6.04 Å². The van der Waals surface area contributed by atoms with Crippen molar-refractivity contribution in [2.45, 2.75) is 51.5 Å². The predicted octanol–water partition coefficient (Wildman–Crippen LogP) is 5.39. The van der Waals surface area contributed by atoms with Crippen LogP contribution < -0.4 is 5.32 Å². The monoisotopic (exact) mass is 357 g/mol. The van der Waals surface area contributed by atoms with E-state index in [9.17, 15) is 4.79 Å². The molecule has 4 saturated carbocycles. The second-order valence-corrected chi connectivity index (χ2v) is 10.00. The van der Waals surface area contributed by atoms with E-state index in [1.54, 1.807) is 6.07 Å². The van der Waals surface area contributed by atoms with Crippen molar-refractivity contribution >= 4 is 40.4 Å². The molecule has 0 spiro atoms. The summed E-state index contributed by atoms with van der Waals surface area (Å²) in [5.41, 5.74) is 0.838. The van der Waals surface area contributed by atoms with Gasteiger partial charge < -0.3 is 5.32 Å². The van der Waals surface area contributed by atoms with Gasteiger partial charge in [-0.1, -0.05) is 23.2 Å². The Balaban J connectivity index is 1.51. The zero-order chi connectivity index (χ0) is 15.5. The van der Waals surface area contributed by atoms with Gasteiger partial charge >= 0.3 is 0 Å². The minimum absolute atomic E-state index is 0.0728. The fourth-order valence-electron chi connectivity index (χ4n) is 5.63. The summed E-state index contributed by atoms with van der Waals surface area (Å²) >= 11 is 13.3. The number of nitrogens with one attached hydrogen (secondary N) is 1. The summed E-state index contributed by atoms with van der Waals surface area (Å²) in [6.45, 7) is 2.19. The number of carbonyl (C=O) groups excluding carboxylic acids is 1. The first kappa shape index (κ1) is 15.3. The lowest BCUT2D eigenvalue weighted by Gasteiger charge is -2.59. The molecule has 120 valence electrons. The smallest absolute Gasteiger partial charge is 0.253 e. The first-order valence-electron chi connectivity index (χ1n) is 8.21. The third-order valence-electron chi connectivity index (χ3n) is 6.25. The maximum absolute atomic E-state index is 12.5. The summed E-state index contributed by atoms with van der Waals surface area (Å²) in [7, 11) is 0. The first-order valence-corrected chi connectivity index (χ1v) is 9.78. The SMILES string of the molecule is CC(NC(=O)c1cc(Cl)sc1Cl)C12CC3CC(CC(C3)C1)C2. The molecule has 22 heavy (non-hydrogen) atoms. The van der Waals surface area contributed by atoms with Crippen molar-refractivity contribution in [1.82, 2.24) is 5.32 Å². The molecule has 5 heteroatoms. The van der Waals surface area contributed by atoms with E-state index >= 15 is 0 Å². The number of halogens is 2. The van der Waals surface area contributed by atoms with Crippen molar-refractivity contribution in [2.75, 3.05) is 0 Å². The lowest BCUT2D eigenvalue weighted by Crippen LogP contribution is -2.55. The van der Waals surface area contributed by atoms with Crippen LogP contribution in [0.25, 0.3) is 0 Å². The molecular weight excluding hydrogens is 337 g/mol. The van der Waals surface area contributed by atoms with Gasteiger partial charge in [0.1, 0.15) is 4.34 Å². The highest BCUT2D eigenvalue weighted by molar-refractivity contribution is 7.20. The predicted molar refractivity (Wildman–Crippen MR) is 91.9 cm³/mol.